The Morgan fingerprint density at radius 3 is 0.767 bits per heavy atom. The number of aliphatic hydroxyl groups excluding tert-OH is 2. The van der Waals surface area contributed by atoms with E-state index in [9.17, 15) is 9.59 Å². The largest absolute Gasteiger partial charge is 0.512 e. The number of hydrogen-bond acceptors (Lipinski definition) is 9. The minimum atomic E-state index is -2.16. The molecule has 6 aliphatic rings. The first-order valence-corrected chi connectivity index (χ1v) is 67.6. The van der Waals surface area contributed by atoms with E-state index in [0.29, 0.717) is 0 Å². The summed E-state index contributed by atoms with van der Waals surface area (Å²) in [6.07, 6.45) is 2.33. The van der Waals surface area contributed by atoms with E-state index in [1.807, 2.05) is 0 Å². The van der Waals surface area contributed by atoms with Gasteiger partial charge in [0.1, 0.15) is 0 Å². The van der Waals surface area contributed by atoms with Gasteiger partial charge in [-0.2, -0.15) is 0 Å². The molecule has 0 bridgehead atoms. The Hall–Kier alpha value is -12.9. The van der Waals surface area contributed by atoms with Gasteiger partial charge >= 0.3 is 0 Å². The number of ketones is 2. The summed E-state index contributed by atoms with van der Waals surface area (Å²) in [5.41, 5.74) is 22.3. The van der Waals surface area contributed by atoms with Gasteiger partial charge in [0.15, 0.2) is 18.3 Å². The molecular formula is C127H109BIr3N5O4Si6-3. The van der Waals surface area contributed by atoms with Gasteiger partial charge in [-0.05, 0) is 200 Å². The fraction of sp³-hybridized carbons (Fsp3) is 0.126. The zero-order valence-electron chi connectivity index (χ0n) is 84.6. The van der Waals surface area contributed by atoms with Crippen LogP contribution in [0.4, 0.5) is 34.1 Å². The predicted molar refractivity (Wildman–Crippen MR) is 625 cm³/mol. The Kier molecular flexibility index (Phi) is 26.2. The van der Waals surface area contributed by atoms with Crippen molar-refractivity contribution in [2.45, 2.75) is 106 Å². The Balaban J connectivity index is 0.000000123. The molecule has 21 aromatic rings. The minimum absolute atomic E-state index is 0. The van der Waals surface area contributed by atoms with Crippen LogP contribution in [0.15, 0.2) is 369 Å². The average molecular weight is 2530 g/mol. The summed E-state index contributed by atoms with van der Waals surface area (Å²) in [6.45, 7) is 36.4. The number of carbonyl (C=O) groups is 2. The molecule has 0 atom stereocenters. The average Bonchev–Trinajstić information content (AvgIpc) is 0.688. The molecule has 19 heteroatoms. The van der Waals surface area contributed by atoms with Crippen LogP contribution in [-0.2, 0) is 69.9 Å². The summed E-state index contributed by atoms with van der Waals surface area (Å²) >= 11 is 0. The molecule has 0 fully saturated rings. The molecule has 18 aromatic carbocycles. The first-order chi connectivity index (χ1) is 68.7. The van der Waals surface area contributed by atoms with E-state index in [1.165, 1.54) is 212 Å². The number of nitrogens with zero attached hydrogens (tertiary/aromatic N) is 5. The monoisotopic (exact) mass is 2530 g/mol. The van der Waals surface area contributed by atoms with Gasteiger partial charge in [-0.1, -0.05) is 385 Å². The normalized spacial score (nSPS) is 15.0. The molecule has 6 aliphatic heterocycles. The third-order valence-electron chi connectivity index (χ3n) is 31.2. The summed E-state index contributed by atoms with van der Waals surface area (Å²) in [4.78, 5) is 40.7. The Morgan fingerprint density at radius 1 is 0.260 bits per heavy atom. The van der Waals surface area contributed by atoms with Crippen molar-refractivity contribution < 1.29 is 80.1 Å². The molecule has 3 aromatic heterocycles. The second-order valence-corrected chi connectivity index (χ2v) is 68.6. The fourth-order valence-electron chi connectivity index (χ4n) is 23.8. The number of hydrogen-bond donors (Lipinski definition) is 2. The topological polar surface area (TPSA) is 120 Å². The van der Waals surface area contributed by atoms with Crippen LogP contribution in [0.1, 0.15) is 27.7 Å². The van der Waals surface area contributed by atoms with Gasteiger partial charge in [0.05, 0.1) is 76.5 Å². The number of carbonyl (C=O) groups excluding carboxylic acids is 2. The number of aromatic nitrogens is 3. The molecule has 9 heterocycles. The SMILES string of the molecule is CC(=O)C=C(C)O.CC(=O)C=C(C)O.C[Si]1(C)c2[c-]c(-c3ccc4ccccc4n3)cc3c2B(c2cc4ccccc4cc21)c1cc2ccccc2cc1[Si]3(C)C.C[Si]1(C)c2[c-]c(-c3ccc4ccccc4n3)cc3c2N(c2cc4ccccc4cc21)c1cc2ccccc2cc1[Si]3(C)C.C[Si]1(C)c2[c-]c(-c3ccc4ccccc4n3)cc3c2N(c2cc4ccccc4cc21)c1cc2ccccc2cc1[Si]3(C)C.[Ir].[Ir].[Ir]. The van der Waals surface area contributed by atoms with Crippen molar-refractivity contribution in [3.8, 4) is 33.8 Å². The van der Waals surface area contributed by atoms with Crippen LogP contribution < -0.4 is 88.4 Å². The molecular weight excluding hydrogens is 2420 g/mol. The molecule has 3 radical (unpaired) electrons. The first-order valence-electron chi connectivity index (χ1n) is 49.6. The number of benzene rings is 18. The number of aliphatic hydroxyl groups is 2. The van der Waals surface area contributed by atoms with Crippen LogP contribution >= 0.6 is 0 Å². The van der Waals surface area contributed by atoms with Gasteiger partial charge in [0.2, 0.25) is 0 Å². The maximum atomic E-state index is 10.0. The molecule has 0 aliphatic carbocycles. The zero-order chi connectivity index (χ0) is 99.0. The van der Waals surface area contributed by atoms with Crippen molar-refractivity contribution in [1.29, 1.82) is 0 Å². The standard InChI is InChI=1S/C39H31BNSi2.2C39H31N2Si2.2C5H8O2.3Ir/c1-42(2)35-21-28-14-7-5-12-26(28)19-31(35)40-32-20-27-13-6-8-15-29(27)22-36(32)43(3,4)38-24-30(23-37(42)39(38)40)34-18-17-25-11-9-10-16-33(25)41-34;2*1-42(2)35-21-28-14-7-5-12-26(28)19-33(35)41-34-20-27-13-6-8-15-29(27)22-36(34)43(3,4)38-24-30(23-37(42)39(38)41)32-18-17-25-11-9-10-16-31(25)40-32;2*1-4(6)3-5(2)7;;;/h3*5-23H,1-4H3;2*3,6H,1-2H3;;;/q3*-1;;;;;. The number of pyridine rings is 3. The third kappa shape index (κ3) is 17.0. The summed E-state index contributed by atoms with van der Waals surface area (Å²) in [6, 6.07) is 141. The van der Waals surface area contributed by atoms with Gasteiger partial charge in [-0.3, -0.25) is 24.5 Å². The minimum Gasteiger partial charge on any atom is -0.512 e. The van der Waals surface area contributed by atoms with Crippen molar-refractivity contribution >= 4 is 277 Å². The van der Waals surface area contributed by atoms with Crippen LogP contribution in [-0.4, -0.2) is 91.9 Å². The Bertz CT molecular complexity index is 7960. The maximum Gasteiger partial charge on any atom is 0.190 e. The van der Waals surface area contributed by atoms with Crippen molar-refractivity contribution in [1.82, 2.24) is 15.0 Å². The van der Waals surface area contributed by atoms with E-state index >= 15 is 0 Å². The Morgan fingerprint density at radius 2 is 0.486 bits per heavy atom. The number of anilines is 6. The quantitative estimate of drug-likeness (QED) is 0.0751. The summed E-state index contributed by atoms with van der Waals surface area (Å²) in [7, 11) is -12.8. The van der Waals surface area contributed by atoms with E-state index in [0.717, 1.165) is 50.3 Å². The second kappa shape index (κ2) is 38.1. The Labute approximate surface area is 900 Å². The fourth-order valence-corrected chi connectivity index (χ4v) is 42.2. The predicted octanol–water partition coefficient (Wildman–Crippen LogP) is 22.4. The molecule has 2 N–H and O–H groups in total. The number of allylic oxidation sites excluding steroid dienone is 4. The van der Waals surface area contributed by atoms with E-state index in [4.69, 9.17) is 25.2 Å². The number of para-hydroxylation sites is 3. The molecule has 9 nitrogen and oxygen atoms in total. The molecule has 0 saturated carbocycles. The van der Waals surface area contributed by atoms with Crippen LogP contribution in [0.3, 0.4) is 0 Å². The molecule has 146 heavy (non-hydrogen) atoms. The molecule has 0 spiro atoms. The van der Waals surface area contributed by atoms with Crippen LogP contribution in [0.5, 0.6) is 0 Å². The summed E-state index contributed by atoms with van der Waals surface area (Å²) in [5, 5.41) is 53.9. The van der Waals surface area contributed by atoms with Gasteiger partial charge in [0.25, 0.3) is 0 Å². The summed E-state index contributed by atoms with van der Waals surface area (Å²) in [5.74, 6) is -0.125. The molecule has 0 amide bonds. The molecule has 723 valence electrons. The van der Waals surface area contributed by atoms with Crippen LogP contribution in [0, 0.1) is 18.2 Å². The maximum absolute atomic E-state index is 10.0. The van der Waals surface area contributed by atoms with Crippen LogP contribution in [0.25, 0.3) is 131 Å². The van der Waals surface area contributed by atoms with Crippen molar-refractivity contribution in [3.63, 3.8) is 0 Å². The number of fused-ring (bicyclic) bond motifs is 21. The van der Waals surface area contributed by atoms with Gasteiger partial charge < -0.3 is 20.0 Å². The molecule has 0 saturated heterocycles. The van der Waals surface area contributed by atoms with Crippen molar-refractivity contribution in [2.75, 3.05) is 9.80 Å². The van der Waals surface area contributed by atoms with E-state index < -0.39 is 48.4 Å². The van der Waals surface area contributed by atoms with E-state index in [-0.39, 0.29) is 90.1 Å². The molecule has 27 rings (SSSR count). The smallest absolute Gasteiger partial charge is 0.190 e. The van der Waals surface area contributed by atoms with Crippen LogP contribution in [0.2, 0.25) is 78.6 Å². The van der Waals surface area contributed by atoms with Gasteiger partial charge in [-0.15, -0.1) is 89.7 Å². The third-order valence-corrected chi connectivity index (χ3v) is 51.8. The second-order valence-electron chi connectivity index (χ2n) is 42.8. The van der Waals surface area contributed by atoms with Gasteiger partial charge in [-0.25, -0.2) is 0 Å². The first kappa shape index (κ1) is 100. The number of rotatable bonds is 5. The molecule has 0 unspecified atom stereocenters. The van der Waals surface area contributed by atoms with Crippen molar-refractivity contribution in [3.05, 3.63) is 388 Å². The van der Waals surface area contributed by atoms with E-state index in [1.54, 1.807) is 21.0 Å². The summed E-state index contributed by atoms with van der Waals surface area (Å²) < 4.78 is 0. The van der Waals surface area contributed by atoms with E-state index in [2.05, 4.69) is 452 Å². The van der Waals surface area contributed by atoms with Crippen molar-refractivity contribution in [2.24, 2.45) is 0 Å². The zero-order valence-corrected chi connectivity index (χ0v) is 97.8. The van der Waals surface area contributed by atoms with Gasteiger partial charge in [0, 0.05) is 95.2 Å².